The lowest BCUT2D eigenvalue weighted by molar-refractivity contribution is -0.144. The summed E-state index contributed by atoms with van der Waals surface area (Å²) < 4.78 is 8.97. The molecule has 0 fully saturated rings. The molecule has 20 heavy (non-hydrogen) atoms. The number of rotatable bonds is 5. The van der Waals surface area contributed by atoms with Gasteiger partial charge in [0.1, 0.15) is 6.10 Å². The van der Waals surface area contributed by atoms with Crippen LogP contribution in [0.3, 0.4) is 0 Å². The molecule has 0 saturated heterocycles. The topological polar surface area (TPSA) is 106 Å². The van der Waals surface area contributed by atoms with Crippen molar-refractivity contribution in [2.45, 2.75) is 25.6 Å². The zero-order chi connectivity index (χ0) is 15.3. The van der Waals surface area contributed by atoms with Crippen LogP contribution in [0, 0.1) is 6.92 Å². The molecule has 0 aliphatic heterocycles. The molecule has 0 aliphatic carbocycles. The number of carbonyl (C=O) groups excluding carboxylic acids is 2. The van der Waals surface area contributed by atoms with Gasteiger partial charge in [0.25, 0.3) is 0 Å². The molecule has 0 spiro atoms. The monoisotopic (exact) mass is 283 g/mol. The van der Waals surface area contributed by atoms with Crippen molar-refractivity contribution >= 4 is 11.9 Å². The molecular formula is C13H17NO6. The average molecular weight is 283 g/mol. The van der Waals surface area contributed by atoms with E-state index in [4.69, 9.17) is 0 Å². The number of hydrogen-bond donors (Lipinski definition) is 2. The highest BCUT2D eigenvalue weighted by Crippen LogP contribution is 2.21. The Morgan fingerprint density at radius 2 is 1.95 bits per heavy atom. The summed E-state index contributed by atoms with van der Waals surface area (Å²) in [4.78, 5) is 26.3. The summed E-state index contributed by atoms with van der Waals surface area (Å²) in [5.41, 5.74) is 0.927. The Labute approximate surface area is 116 Å². The van der Waals surface area contributed by atoms with Gasteiger partial charge in [0.05, 0.1) is 26.7 Å². The molecule has 2 atom stereocenters. The van der Waals surface area contributed by atoms with Crippen LogP contribution < -0.4 is 0 Å². The summed E-state index contributed by atoms with van der Waals surface area (Å²) >= 11 is 0. The molecule has 0 radical (unpaired) electrons. The highest BCUT2D eigenvalue weighted by atomic mass is 16.5. The second kappa shape index (κ2) is 6.97. The number of methoxy groups -OCH3 is 2. The molecule has 2 N–H and O–H groups in total. The van der Waals surface area contributed by atoms with E-state index in [9.17, 15) is 19.8 Å². The van der Waals surface area contributed by atoms with E-state index in [0.29, 0.717) is 11.1 Å². The molecule has 2 unspecified atom stereocenters. The second-order valence-electron chi connectivity index (χ2n) is 4.22. The maximum atomic E-state index is 11.4. The van der Waals surface area contributed by atoms with E-state index in [0.717, 1.165) is 0 Å². The minimum absolute atomic E-state index is 0.130. The Kier molecular flexibility index (Phi) is 5.60. The number of aliphatic hydroxyl groups excluding tert-OH is 2. The van der Waals surface area contributed by atoms with E-state index >= 15 is 0 Å². The van der Waals surface area contributed by atoms with Crippen LogP contribution in [0.2, 0.25) is 0 Å². The molecule has 0 aliphatic rings. The van der Waals surface area contributed by atoms with Crippen molar-refractivity contribution in [1.82, 2.24) is 4.98 Å². The zero-order valence-electron chi connectivity index (χ0n) is 11.5. The quantitative estimate of drug-likeness (QED) is 0.740. The van der Waals surface area contributed by atoms with Crippen LogP contribution >= 0.6 is 0 Å². The maximum Gasteiger partial charge on any atom is 0.356 e. The van der Waals surface area contributed by atoms with Gasteiger partial charge >= 0.3 is 11.9 Å². The molecule has 1 heterocycles. The van der Waals surface area contributed by atoms with Gasteiger partial charge in [-0.15, -0.1) is 0 Å². The van der Waals surface area contributed by atoms with Crippen molar-refractivity contribution in [3.05, 3.63) is 29.1 Å². The van der Waals surface area contributed by atoms with Crippen LogP contribution in [0.25, 0.3) is 0 Å². The molecule has 7 heteroatoms. The van der Waals surface area contributed by atoms with Crippen molar-refractivity contribution < 1.29 is 29.3 Å². The number of nitrogens with zero attached hydrogens (tertiary/aromatic N) is 1. The molecule has 7 nitrogen and oxygen atoms in total. The lowest BCUT2D eigenvalue weighted by atomic mass is 10.0. The fourth-order valence-electron chi connectivity index (χ4n) is 1.66. The highest BCUT2D eigenvalue weighted by Gasteiger charge is 2.23. The van der Waals surface area contributed by atoms with Gasteiger partial charge in [0, 0.05) is 11.8 Å². The molecule has 1 rings (SSSR count). The first-order valence-corrected chi connectivity index (χ1v) is 5.88. The summed E-state index contributed by atoms with van der Waals surface area (Å²) in [6.45, 7) is 1.63. The molecule has 0 saturated carbocycles. The van der Waals surface area contributed by atoms with Crippen molar-refractivity contribution in [1.29, 1.82) is 0 Å². The van der Waals surface area contributed by atoms with E-state index in [1.54, 1.807) is 6.92 Å². The normalized spacial score (nSPS) is 13.4. The minimum Gasteiger partial charge on any atom is -0.469 e. The third-order valence-corrected chi connectivity index (χ3v) is 2.79. The van der Waals surface area contributed by atoms with E-state index < -0.39 is 24.1 Å². The van der Waals surface area contributed by atoms with Crippen molar-refractivity contribution in [3.63, 3.8) is 0 Å². The first-order valence-electron chi connectivity index (χ1n) is 5.88. The molecular weight excluding hydrogens is 266 g/mol. The number of esters is 2. The summed E-state index contributed by atoms with van der Waals surface area (Å²) in [5, 5.41) is 19.6. The molecule has 0 bridgehead atoms. The van der Waals surface area contributed by atoms with E-state index in [1.807, 2.05) is 0 Å². The Hall–Kier alpha value is -1.99. The standard InChI is InChI=1S/C13H17NO6/c1-7-4-8(6-14-11(7)13(18)20-3)12(17)9(15)5-10(16)19-2/h4,6,9,12,15,17H,5H2,1-3H3. The van der Waals surface area contributed by atoms with E-state index in [-0.39, 0.29) is 12.1 Å². The van der Waals surface area contributed by atoms with Crippen molar-refractivity contribution in [3.8, 4) is 0 Å². The third kappa shape index (κ3) is 3.75. The van der Waals surface area contributed by atoms with Crippen LogP contribution in [0.1, 0.15) is 34.1 Å². The molecule has 1 aromatic heterocycles. The zero-order valence-corrected chi connectivity index (χ0v) is 11.5. The smallest absolute Gasteiger partial charge is 0.356 e. The Bertz CT molecular complexity index is 502. The number of carbonyl (C=O) groups is 2. The number of aromatic nitrogens is 1. The van der Waals surface area contributed by atoms with Crippen LogP contribution in [0.4, 0.5) is 0 Å². The lowest BCUT2D eigenvalue weighted by Gasteiger charge is -2.17. The average Bonchev–Trinajstić information content (AvgIpc) is 2.45. The van der Waals surface area contributed by atoms with Crippen LogP contribution in [0.5, 0.6) is 0 Å². The Balaban J connectivity index is 2.89. The Morgan fingerprint density at radius 3 is 2.45 bits per heavy atom. The molecule has 110 valence electrons. The van der Waals surface area contributed by atoms with E-state index in [1.165, 1.54) is 26.5 Å². The van der Waals surface area contributed by atoms with E-state index in [2.05, 4.69) is 14.5 Å². The number of aryl methyl sites for hydroxylation is 1. The van der Waals surface area contributed by atoms with Gasteiger partial charge in [0.2, 0.25) is 0 Å². The predicted octanol–water partition coefficient (Wildman–Crippen LogP) is 0.134. The van der Waals surface area contributed by atoms with Gasteiger partial charge in [-0.2, -0.15) is 0 Å². The number of hydrogen-bond acceptors (Lipinski definition) is 7. The van der Waals surface area contributed by atoms with Gasteiger partial charge in [-0.3, -0.25) is 4.79 Å². The van der Waals surface area contributed by atoms with Gasteiger partial charge in [-0.05, 0) is 18.6 Å². The molecule has 0 aromatic carbocycles. The minimum atomic E-state index is -1.31. The largest absolute Gasteiger partial charge is 0.469 e. The van der Waals surface area contributed by atoms with Crippen molar-refractivity contribution in [2.75, 3.05) is 14.2 Å². The third-order valence-electron chi connectivity index (χ3n) is 2.79. The maximum absolute atomic E-state index is 11.4. The van der Waals surface area contributed by atoms with Crippen molar-refractivity contribution in [2.24, 2.45) is 0 Å². The lowest BCUT2D eigenvalue weighted by Crippen LogP contribution is -2.23. The van der Waals surface area contributed by atoms with Gasteiger partial charge < -0.3 is 19.7 Å². The Morgan fingerprint density at radius 1 is 1.30 bits per heavy atom. The highest BCUT2D eigenvalue weighted by molar-refractivity contribution is 5.88. The number of pyridine rings is 1. The molecule has 1 aromatic rings. The summed E-state index contributed by atoms with van der Waals surface area (Å²) in [5.74, 6) is -1.22. The fourth-order valence-corrected chi connectivity index (χ4v) is 1.66. The van der Waals surface area contributed by atoms with Crippen LogP contribution in [-0.4, -0.2) is 47.5 Å². The van der Waals surface area contributed by atoms with Gasteiger partial charge in [-0.1, -0.05) is 0 Å². The first kappa shape index (κ1) is 16.1. The van der Waals surface area contributed by atoms with Gasteiger partial charge in [-0.25, -0.2) is 9.78 Å². The molecule has 0 amide bonds. The summed E-state index contributed by atoms with van der Waals surface area (Å²) in [6.07, 6.45) is -1.69. The number of aliphatic hydroxyl groups is 2. The summed E-state index contributed by atoms with van der Waals surface area (Å²) in [6, 6.07) is 1.50. The number of ether oxygens (including phenoxy) is 2. The van der Waals surface area contributed by atoms with Crippen LogP contribution in [0.15, 0.2) is 12.3 Å². The predicted molar refractivity (Wildman–Crippen MR) is 67.9 cm³/mol. The second-order valence-corrected chi connectivity index (χ2v) is 4.22. The summed E-state index contributed by atoms with van der Waals surface area (Å²) in [7, 11) is 2.44. The first-order chi connectivity index (χ1) is 9.40. The fraction of sp³-hybridized carbons (Fsp3) is 0.462. The van der Waals surface area contributed by atoms with Gasteiger partial charge in [0.15, 0.2) is 5.69 Å². The SMILES string of the molecule is COC(=O)CC(O)C(O)c1cnc(C(=O)OC)c(C)c1. The van der Waals surface area contributed by atoms with Crippen LogP contribution in [-0.2, 0) is 14.3 Å².